The van der Waals surface area contributed by atoms with Crippen molar-refractivity contribution in [3.05, 3.63) is 36.5 Å². The lowest BCUT2D eigenvalue weighted by molar-refractivity contribution is 0.394. The van der Waals surface area contributed by atoms with Gasteiger partial charge in [0.2, 0.25) is 0 Å². The van der Waals surface area contributed by atoms with Crippen LogP contribution in [0.25, 0.3) is 22.2 Å². The third-order valence-electron chi connectivity index (χ3n) is 4.92. The van der Waals surface area contributed by atoms with Crippen LogP contribution in [0.3, 0.4) is 0 Å². The molecule has 0 atom stereocenters. The number of anilines is 1. The molecule has 2 aromatic heterocycles. The molecular weight excluding hydrogens is 286 g/mol. The minimum atomic E-state index is 0.856. The summed E-state index contributed by atoms with van der Waals surface area (Å²) in [6, 6.07) is 10.3. The van der Waals surface area contributed by atoms with E-state index in [-0.39, 0.29) is 0 Å². The van der Waals surface area contributed by atoms with Crippen LogP contribution in [0.4, 0.5) is 5.82 Å². The number of benzene rings is 1. The van der Waals surface area contributed by atoms with Crippen molar-refractivity contribution in [3.63, 3.8) is 0 Å². The number of hydrogen-bond acceptors (Lipinski definition) is 4. The van der Waals surface area contributed by atoms with Crippen LogP contribution in [0.15, 0.2) is 36.5 Å². The summed E-state index contributed by atoms with van der Waals surface area (Å²) < 4.78 is 0. The van der Waals surface area contributed by atoms with Crippen LogP contribution in [-0.2, 0) is 0 Å². The second kappa shape index (κ2) is 5.99. The molecule has 0 aliphatic carbocycles. The van der Waals surface area contributed by atoms with E-state index >= 15 is 0 Å². The van der Waals surface area contributed by atoms with Gasteiger partial charge in [-0.1, -0.05) is 37.6 Å². The number of aromatic amines is 1. The molecule has 1 aliphatic heterocycles. The number of H-pyrrole nitrogens is 1. The highest BCUT2D eigenvalue weighted by molar-refractivity contribution is 5.99. The molecule has 1 aromatic carbocycles. The highest BCUT2D eigenvalue weighted by Crippen LogP contribution is 2.32. The van der Waals surface area contributed by atoms with Crippen LogP contribution in [0.1, 0.15) is 26.2 Å². The third-order valence-corrected chi connectivity index (χ3v) is 4.92. The standard InChI is InChI=1S/C18H21N5/c1-2-13-8-11-23(12-9-13)18-15-6-4-3-5-14(15)17(21-22-18)16-7-10-19-20-16/h3-7,10,13H,2,8-9,11-12H2,1H3,(H,19,20). The number of piperidine rings is 1. The Morgan fingerprint density at radius 2 is 1.87 bits per heavy atom. The Hall–Kier alpha value is -2.43. The van der Waals surface area contributed by atoms with E-state index in [9.17, 15) is 0 Å². The number of aromatic nitrogens is 4. The second-order valence-electron chi connectivity index (χ2n) is 6.23. The molecule has 1 N–H and O–H groups in total. The Bertz CT molecular complexity index is 788. The van der Waals surface area contributed by atoms with Gasteiger partial charge in [0.05, 0.1) is 5.69 Å². The molecule has 23 heavy (non-hydrogen) atoms. The first-order valence-electron chi connectivity index (χ1n) is 8.37. The van der Waals surface area contributed by atoms with Gasteiger partial charge < -0.3 is 4.90 Å². The SMILES string of the molecule is CCC1CCN(c2nnc(-c3ccn[nH]3)c3ccccc23)CC1. The number of nitrogens with one attached hydrogen (secondary N) is 1. The van der Waals surface area contributed by atoms with E-state index in [1.54, 1.807) is 6.20 Å². The summed E-state index contributed by atoms with van der Waals surface area (Å²) in [5.41, 5.74) is 1.77. The smallest absolute Gasteiger partial charge is 0.159 e. The molecule has 3 aromatic rings. The minimum Gasteiger partial charge on any atom is -0.355 e. The normalized spacial score (nSPS) is 16.1. The maximum absolute atomic E-state index is 4.57. The molecule has 118 valence electrons. The number of hydrogen-bond donors (Lipinski definition) is 1. The lowest BCUT2D eigenvalue weighted by Gasteiger charge is -2.32. The van der Waals surface area contributed by atoms with Gasteiger partial charge in [-0.2, -0.15) is 5.10 Å². The summed E-state index contributed by atoms with van der Waals surface area (Å²) >= 11 is 0. The third kappa shape index (κ3) is 2.56. The van der Waals surface area contributed by atoms with Gasteiger partial charge in [-0.3, -0.25) is 5.10 Å². The second-order valence-corrected chi connectivity index (χ2v) is 6.23. The number of rotatable bonds is 3. The summed E-state index contributed by atoms with van der Waals surface area (Å²) in [7, 11) is 0. The predicted molar refractivity (Wildman–Crippen MR) is 92.3 cm³/mol. The largest absolute Gasteiger partial charge is 0.355 e. The Morgan fingerprint density at radius 1 is 1.09 bits per heavy atom. The fourth-order valence-electron chi connectivity index (χ4n) is 3.46. The van der Waals surface area contributed by atoms with Crippen LogP contribution in [0, 0.1) is 5.92 Å². The lowest BCUT2D eigenvalue weighted by Crippen LogP contribution is -2.34. The van der Waals surface area contributed by atoms with Gasteiger partial charge >= 0.3 is 0 Å². The number of nitrogens with zero attached hydrogens (tertiary/aromatic N) is 4. The topological polar surface area (TPSA) is 57.7 Å². The molecule has 0 spiro atoms. The molecule has 0 unspecified atom stereocenters. The zero-order chi connectivity index (χ0) is 15.6. The molecule has 1 fully saturated rings. The molecule has 3 heterocycles. The molecule has 1 aliphatic rings. The zero-order valence-corrected chi connectivity index (χ0v) is 13.4. The van der Waals surface area contributed by atoms with Crippen molar-refractivity contribution >= 4 is 16.6 Å². The van der Waals surface area contributed by atoms with Crippen LogP contribution in [0.2, 0.25) is 0 Å². The van der Waals surface area contributed by atoms with Gasteiger partial charge in [-0.15, -0.1) is 10.2 Å². The average Bonchev–Trinajstić information content (AvgIpc) is 3.15. The van der Waals surface area contributed by atoms with Crippen molar-refractivity contribution < 1.29 is 0 Å². The molecule has 5 heteroatoms. The molecular formula is C18H21N5. The zero-order valence-electron chi connectivity index (χ0n) is 13.4. The van der Waals surface area contributed by atoms with E-state index in [4.69, 9.17) is 0 Å². The average molecular weight is 307 g/mol. The van der Waals surface area contributed by atoms with Crippen molar-refractivity contribution in [1.29, 1.82) is 0 Å². The van der Waals surface area contributed by atoms with Gasteiger partial charge in [-0.05, 0) is 24.8 Å². The Kier molecular flexibility index (Phi) is 3.69. The van der Waals surface area contributed by atoms with Crippen molar-refractivity contribution in [2.24, 2.45) is 5.92 Å². The molecule has 0 bridgehead atoms. The summed E-state index contributed by atoms with van der Waals surface area (Å²) in [6.45, 7) is 4.43. The highest BCUT2D eigenvalue weighted by Gasteiger charge is 2.22. The summed E-state index contributed by atoms with van der Waals surface area (Å²) in [4.78, 5) is 2.39. The molecule has 1 saturated heterocycles. The number of fused-ring (bicyclic) bond motifs is 1. The Morgan fingerprint density at radius 3 is 2.57 bits per heavy atom. The summed E-state index contributed by atoms with van der Waals surface area (Å²) in [6.07, 6.45) is 5.51. The first kappa shape index (κ1) is 14.2. The van der Waals surface area contributed by atoms with Gasteiger partial charge in [0.1, 0.15) is 5.69 Å². The quantitative estimate of drug-likeness (QED) is 0.802. The van der Waals surface area contributed by atoms with Gasteiger partial charge in [0.15, 0.2) is 5.82 Å². The summed E-state index contributed by atoms with van der Waals surface area (Å²) in [5.74, 6) is 1.87. The molecule has 0 saturated carbocycles. The fourth-order valence-corrected chi connectivity index (χ4v) is 3.46. The van der Waals surface area contributed by atoms with E-state index in [1.807, 2.05) is 6.07 Å². The van der Waals surface area contributed by atoms with E-state index in [2.05, 4.69) is 56.5 Å². The fraction of sp³-hybridized carbons (Fsp3) is 0.389. The molecule has 4 rings (SSSR count). The Labute approximate surface area is 135 Å². The van der Waals surface area contributed by atoms with Crippen molar-refractivity contribution in [3.8, 4) is 11.4 Å². The first-order chi connectivity index (χ1) is 11.4. The van der Waals surface area contributed by atoms with Gasteiger partial charge in [-0.25, -0.2) is 0 Å². The molecule has 0 amide bonds. The van der Waals surface area contributed by atoms with E-state index in [0.29, 0.717) is 0 Å². The van der Waals surface area contributed by atoms with Crippen LogP contribution < -0.4 is 4.90 Å². The van der Waals surface area contributed by atoms with Crippen molar-refractivity contribution in [1.82, 2.24) is 20.4 Å². The van der Waals surface area contributed by atoms with Gasteiger partial charge in [0, 0.05) is 30.1 Å². The first-order valence-corrected chi connectivity index (χ1v) is 8.37. The van der Waals surface area contributed by atoms with Crippen molar-refractivity contribution in [2.45, 2.75) is 26.2 Å². The van der Waals surface area contributed by atoms with E-state index in [1.165, 1.54) is 24.6 Å². The van der Waals surface area contributed by atoms with Crippen LogP contribution >= 0.6 is 0 Å². The van der Waals surface area contributed by atoms with E-state index in [0.717, 1.165) is 41.6 Å². The maximum atomic E-state index is 4.57. The molecule has 5 nitrogen and oxygen atoms in total. The van der Waals surface area contributed by atoms with E-state index < -0.39 is 0 Å². The van der Waals surface area contributed by atoms with Crippen LogP contribution in [-0.4, -0.2) is 33.5 Å². The Balaban J connectivity index is 1.76. The summed E-state index contributed by atoms with van der Waals surface area (Å²) in [5, 5.41) is 18.4. The lowest BCUT2D eigenvalue weighted by atomic mass is 9.94. The van der Waals surface area contributed by atoms with Crippen LogP contribution in [0.5, 0.6) is 0 Å². The maximum Gasteiger partial charge on any atom is 0.159 e. The van der Waals surface area contributed by atoms with Crippen molar-refractivity contribution in [2.75, 3.05) is 18.0 Å². The highest BCUT2D eigenvalue weighted by atomic mass is 15.3. The monoisotopic (exact) mass is 307 g/mol. The van der Waals surface area contributed by atoms with Gasteiger partial charge in [0.25, 0.3) is 0 Å². The predicted octanol–water partition coefficient (Wildman–Crippen LogP) is 3.65. The minimum absolute atomic E-state index is 0.856. The molecule has 0 radical (unpaired) electrons.